The normalized spacial score (nSPS) is 11.8. The molecule has 0 saturated carbocycles. The minimum Gasteiger partial charge on any atom is -0.461 e. The molecule has 0 aliphatic carbocycles. The topological polar surface area (TPSA) is 48.0 Å². The van der Waals surface area contributed by atoms with Gasteiger partial charge in [0, 0.05) is 41.2 Å². The van der Waals surface area contributed by atoms with E-state index in [0.29, 0.717) is 5.39 Å². The summed E-state index contributed by atoms with van der Waals surface area (Å²) in [6, 6.07) is 3.87. The number of aryl methyl sites for hydroxylation is 4. The van der Waals surface area contributed by atoms with Crippen LogP contribution in [0.1, 0.15) is 16.9 Å². The van der Waals surface area contributed by atoms with Crippen LogP contribution in [-0.2, 0) is 7.05 Å². The fourth-order valence-electron chi connectivity index (χ4n) is 3.31. The highest BCUT2D eigenvalue weighted by molar-refractivity contribution is 6.16. The number of nitrogens with zero attached hydrogens (tertiary/aromatic N) is 2. The first-order valence-corrected chi connectivity index (χ1v) is 7.26. The van der Waals surface area contributed by atoms with Crippen LogP contribution in [0.15, 0.2) is 33.7 Å². The molecular formula is C18H16N2O2. The van der Waals surface area contributed by atoms with Gasteiger partial charge in [-0.05, 0) is 38.5 Å². The molecule has 0 saturated heterocycles. The second kappa shape index (κ2) is 4.19. The zero-order valence-corrected chi connectivity index (χ0v) is 13.0. The van der Waals surface area contributed by atoms with Crippen molar-refractivity contribution >= 4 is 32.6 Å². The minimum atomic E-state index is -0.00620. The molecule has 0 spiro atoms. The highest BCUT2D eigenvalue weighted by Gasteiger charge is 2.18. The van der Waals surface area contributed by atoms with Crippen molar-refractivity contribution < 1.29 is 4.42 Å². The lowest BCUT2D eigenvalue weighted by atomic mass is 10.0. The minimum absolute atomic E-state index is 0.00620. The molecule has 110 valence electrons. The Bertz CT molecular complexity index is 1130. The van der Waals surface area contributed by atoms with Crippen LogP contribution in [0, 0.1) is 20.8 Å². The number of furan rings is 1. The lowest BCUT2D eigenvalue weighted by Gasteiger charge is -2.11. The Kier molecular flexibility index (Phi) is 2.49. The Morgan fingerprint density at radius 3 is 2.68 bits per heavy atom. The maximum absolute atomic E-state index is 12.7. The van der Waals surface area contributed by atoms with Crippen LogP contribution < -0.4 is 5.56 Å². The molecule has 4 nitrogen and oxygen atoms in total. The van der Waals surface area contributed by atoms with E-state index in [9.17, 15) is 4.79 Å². The van der Waals surface area contributed by atoms with Gasteiger partial charge >= 0.3 is 0 Å². The van der Waals surface area contributed by atoms with Crippen molar-refractivity contribution in [2.75, 3.05) is 0 Å². The molecule has 0 aliphatic heterocycles. The van der Waals surface area contributed by atoms with Gasteiger partial charge in [0.1, 0.15) is 11.3 Å². The van der Waals surface area contributed by atoms with Gasteiger partial charge in [-0.25, -0.2) is 0 Å². The molecule has 3 aromatic heterocycles. The highest BCUT2D eigenvalue weighted by atomic mass is 16.3. The van der Waals surface area contributed by atoms with Crippen molar-refractivity contribution in [1.29, 1.82) is 0 Å². The quantitative estimate of drug-likeness (QED) is 0.464. The molecular weight excluding hydrogens is 276 g/mol. The predicted molar refractivity (Wildman–Crippen MR) is 88.5 cm³/mol. The number of hydrogen-bond acceptors (Lipinski definition) is 3. The van der Waals surface area contributed by atoms with Gasteiger partial charge < -0.3 is 8.98 Å². The molecule has 0 bridgehead atoms. The monoisotopic (exact) mass is 292 g/mol. The number of aromatic nitrogens is 2. The van der Waals surface area contributed by atoms with Gasteiger partial charge in [0.2, 0.25) is 0 Å². The molecule has 22 heavy (non-hydrogen) atoms. The molecule has 1 aromatic carbocycles. The fraction of sp³-hybridized carbons (Fsp3) is 0.222. The molecule has 4 rings (SSSR count). The summed E-state index contributed by atoms with van der Waals surface area (Å²) in [4.78, 5) is 16.9. The van der Waals surface area contributed by atoms with Crippen LogP contribution in [0.3, 0.4) is 0 Å². The zero-order valence-electron chi connectivity index (χ0n) is 13.0. The standard InChI is InChI=1S/C18H16N2O2/c1-9-7-13-14-8-19-6-5-12(14)18(21)20(4)16(13)15-10(2)11(3)22-17(9)15/h5-8H,1-4H3. The zero-order chi connectivity index (χ0) is 15.6. The lowest BCUT2D eigenvalue weighted by molar-refractivity contribution is 0.573. The number of hydrogen-bond donors (Lipinski definition) is 0. The average Bonchev–Trinajstić information content (AvgIpc) is 2.82. The van der Waals surface area contributed by atoms with E-state index in [1.54, 1.807) is 23.0 Å². The SMILES string of the molecule is Cc1oc2c(C)cc3c4cnccc4c(=O)n(C)c3c2c1C. The molecule has 0 radical (unpaired) electrons. The van der Waals surface area contributed by atoms with Crippen molar-refractivity contribution in [2.45, 2.75) is 20.8 Å². The molecule has 0 N–H and O–H groups in total. The van der Waals surface area contributed by atoms with Gasteiger partial charge in [-0.1, -0.05) is 0 Å². The third-order valence-electron chi connectivity index (χ3n) is 4.58. The van der Waals surface area contributed by atoms with Gasteiger partial charge in [-0.3, -0.25) is 9.78 Å². The lowest BCUT2D eigenvalue weighted by Crippen LogP contribution is -2.17. The average molecular weight is 292 g/mol. The second-order valence-electron chi connectivity index (χ2n) is 5.86. The Balaban J connectivity index is 2.47. The van der Waals surface area contributed by atoms with Gasteiger partial charge in [0.05, 0.1) is 10.9 Å². The van der Waals surface area contributed by atoms with E-state index in [4.69, 9.17) is 4.42 Å². The van der Waals surface area contributed by atoms with Crippen molar-refractivity contribution in [1.82, 2.24) is 9.55 Å². The molecule has 0 aliphatic rings. The largest absolute Gasteiger partial charge is 0.461 e. The predicted octanol–water partition coefficient (Wildman–Crippen LogP) is 3.76. The summed E-state index contributed by atoms with van der Waals surface area (Å²) in [6.45, 7) is 6.04. The van der Waals surface area contributed by atoms with Crippen LogP contribution in [-0.4, -0.2) is 9.55 Å². The maximum atomic E-state index is 12.7. The summed E-state index contributed by atoms with van der Waals surface area (Å²) in [5.41, 5.74) is 3.93. The Hall–Kier alpha value is -2.62. The number of pyridine rings is 2. The molecule has 0 atom stereocenters. The van der Waals surface area contributed by atoms with Crippen LogP contribution >= 0.6 is 0 Å². The third-order valence-corrected chi connectivity index (χ3v) is 4.58. The summed E-state index contributed by atoms with van der Waals surface area (Å²) in [7, 11) is 1.82. The Labute approximate surface area is 127 Å². The molecule has 0 unspecified atom stereocenters. The van der Waals surface area contributed by atoms with Crippen molar-refractivity contribution in [3.05, 3.63) is 51.8 Å². The molecule has 4 aromatic rings. The fourth-order valence-corrected chi connectivity index (χ4v) is 3.31. The second-order valence-corrected chi connectivity index (χ2v) is 5.86. The van der Waals surface area contributed by atoms with E-state index in [2.05, 4.69) is 11.1 Å². The van der Waals surface area contributed by atoms with E-state index < -0.39 is 0 Å². The van der Waals surface area contributed by atoms with Crippen LogP contribution in [0.2, 0.25) is 0 Å². The van der Waals surface area contributed by atoms with Gasteiger partial charge in [-0.2, -0.15) is 0 Å². The maximum Gasteiger partial charge on any atom is 0.258 e. The summed E-state index contributed by atoms with van der Waals surface area (Å²) in [5.74, 6) is 0.893. The van der Waals surface area contributed by atoms with Crippen LogP contribution in [0.5, 0.6) is 0 Å². The van der Waals surface area contributed by atoms with E-state index in [1.165, 1.54) is 0 Å². The molecule has 4 heteroatoms. The van der Waals surface area contributed by atoms with E-state index in [-0.39, 0.29) is 5.56 Å². The first-order chi connectivity index (χ1) is 10.5. The van der Waals surface area contributed by atoms with E-state index in [0.717, 1.165) is 44.1 Å². The van der Waals surface area contributed by atoms with Gasteiger partial charge in [0.15, 0.2) is 0 Å². The number of fused-ring (bicyclic) bond motifs is 5. The Morgan fingerprint density at radius 2 is 1.91 bits per heavy atom. The van der Waals surface area contributed by atoms with Crippen molar-refractivity contribution in [2.24, 2.45) is 7.05 Å². The summed E-state index contributed by atoms with van der Waals surface area (Å²) in [6.07, 6.45) is 3.43. The molecule has 0 amide bonds. The van der Waals surface area contributed by atoms with Crippen LogP contribution in [0.25, 0.3) is 32.6 Å². The first-order valence-electron chi connectivity index (χ1n) is 7.26. The van der Waals surface area contributed by atoms with Gasteiger partial charge in [-0.15, -0.1) is 0 Å². The van der Waals surface area contributed by atoms with Gasteiger partial charge in [0.25, 0.3) is 5.56 Å². The smallest absolute Gasteiger partial charge is 0.258 e. The highest BCUT2D eigenvalue weighted by Crippen LogP contribution is 2.35. The van der Waals surface area contributed by atoms with E-state index in [1.807, 2.05) is 27.8 Å². The van der Waals surface area contributed by atoms with Crippen molar-refractivity contribution in [3.8, 4) is 0 Å². The van der Waals surface area contributed by atoms with E-state index >= 15 is 0 Å². The number of benzene rings is 1. The summed E-state index contributed by atoms with van der Waals surface area (Å²) in [5, 5.41) is 3.66. The third kappa shape index (κ3) is 1.47. The number of rotatable bonds is 0. The van der Waals surface area contributed by atoms with Crippen LogP contribution in [0.4, 0.5) is 0 Å². The Morgan fingerprint density at radius 1 is 1.14 bits per heavy atom. The molecule has 0 fully saturated rings. The summed E-state index contributed by atoms with van der Waals surface area (Å²) >= 11 is 0. The summed E-state index contributed by atoms with van der Waals surface area (Å²) < 4.78 is 7.64. The first kappa shape index (κ1) is 13.1. The van der Waals surface area contributed by atoms with Crippen molar-refractivity contribution in [3.63, 3.8) is 0 Å². The molecule has 3 heterocycles.